The zero-order valence-electron chi connectivity index (χ0n) is 21.1. The Hall–Kier alpha value is -3.55. The van der Waals surface area contributed by atoms with E-state index in [0.29, 0.717) is 67.9 Å². The highest BCUT2D eigenvalue weighted by Crippen LogP contribution is 2.49. The molecular formula is C30H25BrClNO5. The molecule has 8 heteroatoms. The number of carbonyl (C=O) groups is 2. The summed E-state index contributed by atoms with van der Waals surface area (Å²) in [7, 11) is 1.34. The van der Waals surface area contributed by atoms with E-state index in [1.165, 1.54) is 7.11 Å². The highest BCUT2D eigenvalue weighted by atomic mass is 79.9. The molecule has 0 bridgehead atoms. The maximum atomic E-state index is 13.7. The number of fused-ring (bicyclic) bond motifs is 2. The van der Waals surface area contributed by atoms with Crippen LogP contribution in [-0.2, 0) is 16.1 Å². The van der Waals surface area contributed by atoms with Crippen LogP contribution in [0, 0.1) is 0 Å². The smallest absolute Gasteiger partial charge is 0.336 e. The van der Waals surface area contributed by atoms with Gasteiger partial charge in [0.05, 0.1) is 29.5 Å². The zero-order chi connectivity index (χ0) is 27.0. The molecule has 6 nitrogen and oxygen atoms in total. The van der Waals surface area contributed by atoms with Gasteiger partial charge in [-0.25, -0.2) is 4.79 Å². The van der Waals surface area contributed by atoms with E-state index < -0.39 is 11.9 Å². The largest absolute Gasteiger partial charge is 0.490 e. The van der Waals surface area contributed by atoms with Gasteiger partial charge in [-0.05, 0) is 65.2 Å². The van der Waals surface area contributed by atoms with E-state index in [0.717, 1.165) is 11.1 Å². The van der Waals surface area contributed by atoms with Crippen molar-refractivity contribution >= 4 is 45.0 Å². The first-order valence-corrected chi connectivity index (χ1v) is 13.3. The Bertz CT molecular complexity index is 1510. The van der Waals surface area contributed by atoms with E-state index in [1.54, 1.807) is 6.07 Å². The van der Waals surface area contributed by atoms with E-state index in [4.69, 9.17) is 25.8 Å². The number of carbonyl (C=O) groups excluding carboxylic acids is 2. The number of rotatable bonds is 7. The predicted octanol–water partition coefficient (Wildman–Crippen LogP) is 6.82. The number of nitrogens with one attached hydrogen (secondary N) is 1. The van der Waals surface area contributed by atoms with Gasteiger partial charge in [-0.1, -0.05) is 48.0 Å². The highest BCUT2D eigenvalue weighted by Gasteiger charge is 2.43. The lowest BCUT2D eigenvalue weighted by Gasteiger charge is -2.29. The third kappa shape index (κ3) is 4.61. The molecule has 1 aliphatic carbocycles. The number of ketones is 1. The molecule has 0 aromatic heterocycles. The van der Waals surface area contributed by atoms with Crippen LogP contribution in [0.15, 0.2) is 82.0 Å². The molecule has 1 aliphatic heterocycles. The number of Topliss-reactive ketones (excluding diaryl/α,β-unsaturated/α-hetero) is 1. The molecule has 0 amide bonds. The summed E-state index contributed by atoms with van der Waals surface area (Å²) in [6.45, 7) is 4.40. The molecule has 1 N–H and O–H groups in total. The van der Waals surface area contributed by atoms with Crippen LogP contribution in [-0.4, -0.2) is 25.5 Å². The van der Waals surface area contributed by atoms with Crippen LogP contribution in [0.3, 0.4) is 0 Å². The predicted molar refractivity (Wildman–Crippen MR) is 149 cm³/mol. The fourth-order valence-electron chi connectivity index (χ4n) is 4.94. The molecule has 3 aromatic carbocycles. The topological polar surface area (TPSA) is 73.9 Å². The third-order valence-corrected chi connectivity index (χ3v) is 7.46. The van der Waals surface area contributed by atoms with Crippen molar-refractivity contribution in [2.75, 3.05) is 13.7 Å². The van der Waals surface area contributed by atoms with Crippen LogP contribution >= 0.6 is 27.5 Å². The van der Waals surface area contributed by atoms with Gasteiger partial charge in [-0.15, -0.1) is 0 Å². The lowest BCUT2D eigenvalue weighted by molar-refractivity contribution is -0.136. The van der Waals surface area contributed by atoms with Gasteiger partial charge in [-0.3, -0.25) is 4.79 Å². The summed E-state index contributed by atoms with van der Waals surface area (Å²) in [6, 6.07) is 18.6. The fraction of sp³-hybridized carbons (Fsp3) is 0.200. The van der Waals surface area contributed by atoms with Gasteiger partial charge >= 0.3 is 5.97 Å². The van der Waals surface area contributed by atoms with Crippen LogP contribution in [0.1, 0.15) is 46.8 Å². The first-order chi connectivity index (χ1) is 18.3. The van der Waals surface area contributed by atoms with Crippen LogP contribution in [0.25, 0.3) is 5.70 Å². The van der Waals surface area contributed by atoms with Crippen molar-refractivity contribution in [2.24, 2.45) is 0 Å². The van der Waals surface area contributed by atoms with Gasteiger partial charge in [0.25, 0.3) is 0 Å². The monoisotopic (exact) mass is 593 g/mol. The average molecular weight is 595 g/mol. The van der Waals surface area contributed by atoms with Gasteiger partial charge in [-0.2, -0.15) is 0 Å². The van der Waals surface area contributed by atoms with Crippen LogP contribution in [0.2, 0.25) is 5.02 Å². The van der Waals surface area contributed by atoms with Crippen molar-refractivity contribution in [1.29, 1.82) is 0 Å². The minimum Gasteiger partial charge on any atom is -0.490 e. The number of hydrogen-bond acceptors (Lipinski definition) is 6. The minimum absolute atomic E-state index is 0.126. The van der Waals surface area contributed by atoms with E-state index in [9.17, 15) is 9.59 Å². The molecule has 38 heavy (non-hydrogen) atoms. The SMILES string of the molecule is CCOc1cc([C@H]2C(C(=O)OC)=C(C)NC3=C2C(=O)c2ccccc23)cc(Br)c1OCc1ccc(Cl)cc1. The standard InChI is InChI=1S/C30H25BrClNO5/c1-4-37-23-14-18(13-22(31)29(23)38-15-17-9-11-19(32)12-10-17)25-24(30(35)36-3)16(2)33-27-20-7-5-6-8-21(20)28(34)26(25)27/h5-14,25,33H,4,15H2,1-3H3/t25-/m0/s1. The molecule has 1 atom stereocenters. The maximum absolute atomic E-state index is 13.7. The molecule has 0 saturated carbocycles. The zero-order valence-corrected chi connectivity index (χ0v) is 23.4. The normalized spacial score (nSPS) is 16.1. The number of dihydropyridines is 1. The molecule has 5 rings (SSSR count). The lowest BCUT2D eigenvalue weighted by Crippen LogP contribution is -2.29. The van der Waals surface area contributed by atoms with Crippen LogP contribution in [0.5, 0.6) is 11.5 Å². The molecule has 2 aliphatic rings. The number of methoxy groups -OCH3 is 1. The van der Waals surface area contributed by atoms with Crippen molar-refractivity contribution in [3.63, 3.8) is 0 Å². The first kappa shape index (κ1) is 26.1. The summed E-state index contributed by atoms with van der Waals surface area (Å²) in [4.78, 5) is 26.7. The summed E-state index contributed by atoms with van der Waals surface area (Å²) in [5.41, 5.74) is 5.27. The number of halogens is 2. The summed E-state index contributed by atoms with van der Waals surface area (Å²) >= 11 is 9.66. The van der Waals surface area contributed by atoms with Gasteiger partial charge in [0.2, 0.25) is 0 Å². The summed E-state index contributed by atoms with van der Waals surface area (Å²) in [5.74, 6) is -0.280. The van der Waals surface area contributed by atoms with E-state index in [2.05, 4.69) is 21.2 Å². The van der Waals surface area contributed by atoms with Crippen LogP contribution in [0.4, 0.5) is 0 Å². The fourth-order valence-corrected chi connectivity index (χ4v) is 5.64. The van der Waals surface area contributed by atoms with E-state index in [-0.39, 0.29) is 5.78 Å². The Morgan fingerprint density at radius 2 is 1.76 bits per heavy atom. The molecule has 0 spiro atoms. The molecule has 1 heterocycles. The number of hydrogen-bond donors (Lipinski definition) is 1. The van der Waals surface area contributed by atoms with E-state index in [1.807, 2.05) is 68.4 Å². The molecular weight excluding hydrogens is 570 g/mol. The minimum atomic E-state index is -0.667. The molecule has 0 saturated heterocycles. The molecule has 3 aromatic rings. The van der Waals surface area contributed by atoms with Crippen molar-refractivity contribution in [3.05, 3.63) is 109 Å². The lowest BCUT2D eigenvalue weighted by atomic mass is 9.79. The van der Waals surface area contributed by atoms with Gasteiger partial charge in [0.1, 0.15) is 6.61 Å². The highest BCUT2D eigenvalue weighted by molar-refractivity contribution is 9.10. The van der Waals surface area contributed by atoms with Crippen molar-refractivity contribution in [1.82, 2.24) is 5.32 Å². The summed E-state index contributed by atoms with van der Waals surface area (Å²) in [6.07, 6.45) is 0. The first-order valence-electron chi connectivity index (χ1n) is 12.1. The van der Waals surface area contributed by atoms with Gasteiger partial charge in [0.15, 0.2) is 17.3 Å². The van der Waals surface area contributed by atoms with Crippen LogP contribution < -0.4 is 14.8 Å². The van der Waals surface area contributed by atoms with Gasteiger partial charge < -0.3 is 19.5 Å². The molecule has 0 fully saturated rings. The summed E-state index contributed by atoms with van der Waals surface area (Å²) in [5, 5.41) is 3.95. The number of allylic oxidation sites excluding steroid dienone is 2. The Morgan fingerprint density at radius 3 is 2.45 bits per heavy atom. The Balaban J connectivity index is 1.61. The second-order valence-electron chi connectivity index (χ2n) is 8.93. The number of ether oxygens (including phenoxy) is 3. The van der Waals surface area contributed by atoms with E-state index >= 15 is 0 Å². The molecule has 194 valence electrons. The van der Waals surface area contributed by atoms with Crippen molar-refractivity contribution in [3.8, 4) is 11.5 Å². The van der Waals surface area contributed by atoms with Gasteiger partial charge in [0, 0.05) is 33.3 Å². The number of benzene rings is 3. The summed E-state index contributed by atoms with van der Waals surface area (Å²) < 4.78 is 17.9. The Labute approximate surface area is 234 Å². The Morgan fingerprint density at radius 1 is 1.05 bits per heavy atom. The second kappa shape index (κ2) is 10.7. The second-order valence-corrected chi connectivity index (χ2v) is 10.2. The maximum Gasteiger partial charge on any atom is 0.336 e. The quantitative estimate of drug-likeness (QED) is 0.303. The number of esters is 1. The molecule has 0 unspecified atom stereocenters. The average Bonchev–Trinajstić information content (AvgIpc) is 3.19. The molecule has 0 radical (unpaired) electrons. The Kier molecular flexibility index (Phi) is 7.32. The third-order valence-electron chi connectivity index (χ3n) is 6.62. The van der Waals surface area contributed by atoms with Crippen molar-refractivity contribution in [2.45, 2.75) is 26.4 Å². The van der Waals surface area contributed by atoms with Crippen molar-refractivity contribution < 1.29 is 23.8 Å².